The van der Waals surface area contributed by atoms with E-state index in [0.717, 1.165) is 25.6 Å². The molecule has 1 aromatic carbocycles. The molecule has 0 atom stereocenters. The molecule has 0 fully saturated rings. The number of benzene rings is 1. The van der Waals surface area contributed by atoms with E-state index in [1.165, 1.54) is 11.1 Å². The molecule has 0 aliphatic rings. The second kappa shape index (κ2) is 11.9. The van der Waals surface area contributed by atoms with Crippen molar-refractivity contribution in [1.82, 2.24) is 15.2 Å². The standard InChI is InChI=1S/C18H26N4O.HI/c1-3-19-18(20-10-13-22-11-4-5-12-22)21-14-16-6-8-17(9-7-16)15-23-2;/h4-9,11-12H,3,10,13-15H2,1-2H3,(H2,19,20,21);1H. The van der Waals surface area contributed by atoms with Crippen molar-refractivity contribution in [3.05, 3.63) is 59.9 Å². The van der Waals surface area contributed by atoms with Crippen molar-refractivity contribution in [2.45, 2.75) is 26.6 Å². The summed E-state index contributed by atoms with van der Waals surface area (Å²) < 4.78 is 7.27. The summed E-state index contributed by atoms with van der Waals surface area (Å²) in [4.78, 5) is 4.63. The molecule has 1 heterocycles. The van der Waals surface area contributed by atoms with Crippen LogP contribution in [0.2, 0.25) is 0 Å². The lowest BCUT2D eigenvalue weighted by atomic mass is 10.1. The molecule has 2 rings (SSSR count). The first kappa shape index (κ1) is 20.5. The molecule has 132 valence electrons. The number of halogens is 1. The van der Waals surface area contributed by atoms with Crippen LogP contribution in [0.25, 0.3) is 0 Å². The summed E-state index contributed by atoms with van der Waals surface area (Å²) in [5, 5.41) is 6.63. The van der Waals surface area contributed by atoms with Gasteiger partial charge in [-0.25, -0.2) is 4.99 Å². The normalized spacial score (nSPS) is 11.0. The summed E-state index contributed by atoms with van der Waals surface area (Å²) in [5.41, 5.74) is 2.37. The summed E-state index contributed by atoms with van der Waals surface area (Å²) in [7, 11) is 1.71. The summed E-state index contributed by atoms with van der Waals surface area (Å²) in [6, 6.07) is 12.4. The zero-order valence-electron chi connectivity index (χ0n) is 14.4. The summed E-state index contributed by atoms with van der Waals surface area (Å²) in [5.74, 6) is 0.848. The highest BCUT2D eigenvalue weighted by molar-refractivity contribution is 14.0. The number of methoxy groups -OCH3 is 1. The molecular weight excluding hydrogens is 415 g/mol. The van der Waals surface area contributed by atoms with Crippen LogP contribution in [0.4, 0.5) is 0 Å². The van der Waals surface area contributed by atoms with Crippen LogP contribution in [0.1, 0.15) is 18.1 Å². The number of nitrogens with zero attached hydrogens (tertiary/aromatic N) is 2. The van der Waals surface area contributed by atoms with Crippen LogP contribution < -0.4 is 10.6 Å². The van der Waals surface area contributed by atoms with Gasteiger partial charge in [0, 0.05) is 39.1 Å². The van der Waals surface area contributed by atoms with Crippen molar-refractivity contribution >= 4 is 29.9 Å². The van der Waals surface area contributed by atoms with Gasteiger partial charge >= 0.3 is 0 Å². The lowest BCUT2D eigenvalue weighted by Crippen LogP contribution is -2.38. The Morgan fingerprint density at radius 3 is 2.38 bits per heavy atom. The van der Waals surface area contributed by atoms with Crippen LogP contribution in [-0.4, -0.2) is 30.7 Å². The molecule has 0 saturated carbocycles. The van der Waals surface area contributed by atoms with Gasteiger partial charge in [0.1, 0.15) is 0 Å². The second-order valence-corrected chi connectivity index (χ2v) is 5.29. The number of ether oxygens (including phenoxy) is 1. The minimum atomic E-state index is 0. The van der Waals surface area contributed by atoms with Gasteiger partial charge in [-0.3, -0.25) is 0 Å². The highest BCUT2D eigenvalue weighted by Crippen LogP contribution is 2.06. The average Bonchev–Trinajstić information content (AvgIpc) is 3.07. The van der Waals surface area contributed by atoms with Crippen molar-refractivity contribution in [1.29, 1.82) is 0 Å². The van der Waals surface area contributed by atoms with Crippen molar-refractivity contribution < 1.29 is 4.74 Å². The third kappa shape index (κ3) is 7.35. The number of nitrogens with one attached hydrogen (secondary N) is 2. The first-order valence-corrected chi connectivity index (χ1v) is 8.01. The molecule has 0 amide bonds. The fourth-order valence-electron chi connectivity index (χ4n) is 2.24. The first-order chi connectivity index (χ1) is 11.3. The minimum Gasteiger partial charge on any atom is -0.380 e. The van der Waals surface area contributed by atoms with E-state index in [4.69, 9.17) is 4.74 Å². The van der Waals surface area contributed by atoms with Crippen LogP contribution in [0.5, 0.6) is 0 Å². The number of hydrogen-bond acceptors (Lipinski definition) is 2. The Hall–Kier alpha value is -1.54. The van der Waals surface area contributed by atoms with Gasteiger partial charge in [-0.15, -0.1) is 24.0 Å². The molecule has 0 bridgehead atoms. The summed E-state index contributed by atoms with van der Waals surface area (Å²) in [6.07, 6.45) is 4.13. The molecule has 0 aliphatic carbocycles. The third-order valence-electron chi connectivity index (χ3n) is 3.43. The third-order valence-corrected chi connectivity index (χ3v) is 3.43. The Balaban J connectivity index is 0.00000288. The van der Waals surface area contributed by atoms with Gasteiger partial charge < -0.3 is 19.9 Å². The number of rotatable bonds is 8. The second-order valence-electron chi connectivity index (χ2n) is 5.29. The zero-order valence-corrected chi connectivity index (χ0v) is 16.7. The molecule has 0 unspecified atom stereocenters. The Morgan fingerprint density at radius 2 is 1.75 bits per heavy atom. The highest BCUT2D eigenvalue weighted by atomic mass is 127. The minimum absolute atomic E-state index is 0. The number of guanidine groups is 1. The Morgan fingerprint density at radius 1 is 1.08 bits per heavy atom. The maximum atomic E-state index is 5.12. The van der Waals surface area contributed by atoms with Gasteiger partial charge in [0.15, 0.2) is 5.96 Å². The quantitative estimate of drug-likeness (QED) is 0.376. The molecule has 0 aliphatic heterocycles. The lowest BCUT2D eigenvalue weighted by Gasteiger charge is -2.12. The van der Waals surface area contributed by atoms with Crippen LogP contribution in [0.15, 0.2) is 53.8 Å². The van der Waals surface area contributed by atoms with Crippen molar-refractivity contribution in [2.75, 3.05) is 20.2 Å². The maximum absolute atomic E-state index is 5.12. The maximum Gasteiger partial charge on any atom is 0.191 e. The van der Waals surface area contributed by atoms with Gasteiger partial charge in [0.2, 0.25) is 0 Å². The molecule has 2 aromatic rings. The molecular formula is C18H27IN4O. The Bertz CT molecular complexity index is 582. The molecule has 6 heteroatoms. The number of hydrogen-bond donors (Lipinski definition) is 2. The molecule has 0 spiro atoms. The number of aromatic nitrogens is 1. The van der Waals surface area contributed by atoms with E-state index in [9.17, 15) is 0 Å². The monoisotopic (exact) mass is 442 g/mol. The van der Waals surface area contributed by atoms with Gasteiger partial charge in [-0.1, -0.05) is 24.3 Å². The van der Waals surface area contributed by atoms with E-state index in [0.29, 0.717) is 13.2 Å². The van der Waals surface area contributed by atoms with E-state index in [2.05, 4.69) is 63.8 Å². The van der Waals surface area contributed by atoms with E-state index < -0.39 is 0 Å². The van der Waals surface area contributed by atoms with Crippen LogP contribution >= 0.6 is 24.0 Å². The Kier molecular flexibility index (Phi) is 10.2. The van der Waals surface area contributed by atoms with Crippen molar-refractivity contribution in [3.8, 4) is 0 Å². The molecule has 2 N–H and O–H groups in total. The van der Waals surface area contributed by atoms with Gasteiger partial charge in [0.05, 0.1) is 13.2 Å². The SMILES string of the molecule is CCNC(=NCc1ccc(COC)cc1)NCCn1cccc1.I. The molecule has 24 heavy (non-hydrogen) atoms. The molecule has 5 nitrogen and oxygen atoms in total. The largest absolute Gasteiger partial charge is 0.380 e. The van der Waals surface area contributed by atoms with Gasteiger partial charge in [0.25, 0.3) is 0 Å². The molecule has 0 radical (unpaired) electrons. The fourth-order valence-corrected chi connectivity index (χ4v) is 2.24. The lowest BCUT2D eigenvalue weighted by molar-refractivity contribution is 0.185. The summed E-state index contributed by atoms with van der Waals surface area (Å²) in [6.45, 7) is 5.99. The van der Waals surface area contributed by atoms with E-state index in [1.54, 1.807) is 7.11 Å². The smallest absolute Gasteiger partial charge is 0.191 e. The van der Waals surface area contributed by atoms with E-state index in [-0.39, 0.29) is 24.0 Å². The summed E-state index contributed by atoms with van der Waals surface area (Å²) >= 11 is 0. The predicted molar refractivity (Wildman–Crippen MR) is 110 cm³/mol. The topological polar surface area (TPSA) is 50.6 Å². The highest BCUT2D eigenvalue weighted by Gasteiger charge is 1.98. The van der Waals surface area contributed by atoms with Crippen LogP contribution in [-0.2, 0) is 24.4 Å². The molecule has 0 saturated heterocycles. The fraction of sp³-hybridized carbons (Fsp3) is 0.389. The van der Waals surface area contributed by atoms with E-state index in [1.807, 2.05) is 12.1 Å². The Labute approximate surface area is 161 Å². The van der Waals surface area contributed by atoms with Crippen LogP contribution in [0.3, 0.4) is 0 Å². The van der Waals surface area contributed by atoms with Crippen LogP contribution in [0, 0.1) is 0 Å². The first-order valence-electron chi connectivity index (χ1n) is 8.01. The predicted octanol–water partition coefficient (Wildman–Crippen LogP) is 3.01. The van der Waals surface area contributed by atoms with Gasteiger partial charge in [-0.05, 0) is 30.2 Å². The zero-order chi connectivity index (χ0) is 16.3. The average molecular weight is 442 g/mol. The van der Waals surface area contributed by atoms with Gasteiger partial charge in [-0.2, -0.15) is 0 Å². The number of aliphatic imine (C=N–C) groups is 1. The molecule has 1 aromatic heterocycles. The van der Waals surface area contributed by atoms with E-state index >= 15 is 0 Å². The van der Waals surface area contributed by atoms with Crippen molar-refractivity contribution in [2.24, 2.45) is 4.99 Å². The van der Waals surface area contributed by atoms with Crippen molar-refractivity contribution in [3.63, 3.8) is 0 Å².